The van der Waals surface area contributed by atoms with Crippen molar-refractivity contribution in [2.24, 2.45) is 11.8 Å². The molecule has 0 aliphatic rings. The standard InChI is InChI=1S/C16H29N5Si/c1-12(2)10-21(11-13(3)4)16-19-14(18-15(17)20-16)8-9-22(5,6)7/h12-13H,10-11H2,1-7H3,(H2,17,18,19,20). The Morgan fingerprint density at radius 3 is 2.00 bits per heavy atom. The molecule has 0 atom stereocenters. The molecule has 1 aromatic heterocycles. The lowest BCUT2D eigenvalue weighted by atomic mass is 10.1. The Morgan fingerprint density at radius 1 is 1.00 bits per heavy atom. The van der Waals surface area contributed by atoms with E-state index in [9.17, 15) is 0 Å². The van der Waals surface area contributed by atoms with Gasteiger partial charge in [0.15, 0.2) is 0 Å². The first-order chi connectivity index (χ1) is 10.1. The van der Waals surface area contributed by atoms with E-state index < -0.39 is 8.07 Å². The van der Waals surface area contributed by atoms with Crippen molar-refractivity contribution in [3.63, 3.8) is 0 Å². The van der Waals surface area contributed by atoms with Crippen molar-refractivity contribution in [2.45, 2.75) is 47.3 Å². The van der Waals surface area contributed by atoms with Gasteiger partial charge in [0, 0.05) is 13.1 Å². The molecule has 0 unspecified atom stereocenters. The summed E-state index contributed by atoms with van der Waals surface area (Å²) in [4.78, 5) is 15.2. The van der Waals surface area contributed by atoms with E-state index in [1.807, 2.05) is 0 Å². The molecule has 6 heteroatoms. The quantitative estimate of drug-likeness (QED) is 0.667. The summed E-state index contributed by atoms with van der Waals surface area (Å²) in [6.07, 6.45) is 0. The van der Waals surface area contributed by atoms with Crippen LogP contribution in [0.4, 0.5) is 11.9 Å². The van der Waals surface area contributed by atoms with Crippen LogP contribution in [0.2, 0.25) is 19.6 Å². The SMILES string of the molecule is CC(C)CN(CC(C)C)c1nc(N)nc(C#C[Si](C)(C)C)n1. The molecule has 0 bridgehead atoms. The molecule has 22 heavy (non-hydrogen) atoms. The van der Waals surface area contributed by atoms with E-state index in [-0.39, 0.29) is 5.95 Å². The van der Waals surface area contributed by atoms with Crippen molar-refractivity contribution < 1.29 is 0 Å². The number of nitrogens with two attached hydrogens (primary N) is 1. The molecule has 0 amide bonds. The third-order valence-corrected chi connectivity index (χ3v) is 3.52. The Kier molecular flexibility index (Phi) is 6.36. The van der Waals surface area contributed by atoms with E-state index >= 15 is 0 Å². The number of anilines is 2. The maximum Gasteiger partial charge on any atom is 0.231 e. The topological polar surface area (TPSA) is 67.9 Å². The van der Waals surface area contributed by atoms with Crippen LogP contribution < -0.4 is 10.6 Å². The van der Waals surface area contributed by atoms with Crippen molar-refractivity contribution in [1.82, 2.24) is 15.0 Å². The minimum absolute atomic E-state index is 0.238. The van der Waals surface area contributed by atoms with Gasteiger partial charge in [0.25, 0.3) is 0 Å². The van der Waals surface area contributed by atoms with Crippen LogP contribution >= 0.6 is 0 Å². The largest absolute Gasteiger partial charge is 0.368 e. The first-order valence-electron chi connectivity index (χ1n) is 7.86. The van der Waals surface area contributed by atoms with Gasteiger partial charge in [-0.3, -0.25) is 0 Å². The van der Waals surface area contributed by atoms with Crippen LogP contribution in [0.1, 0.15) is 33.5 Å². The summed E-state index contributed by atoms with van der Waals surface area (Å²) in [7, 11) is -1.47. The number of hydrogen-bond donors (Lipinski definition) is 1. The molecule has 0 fully saturated rings. The maximum absolute atomic E-state index is 5.85. The molecule has 0 aliphatic carbocycles. The number of rotatable bonds is 5. The van der Waals surface area contributed by atoms with Crippen LogP contribution in [0.25, 0.3) is 0 Å². The third kappa shape index (κ3) is 6.90. The fourth-order valence-electron chi connectivity index (χ4n) is 1.94. The van der Waals surface area contributed by atoms with Gasteiger partial charge in [-0.05, 0) is 17.8 Å². The van der Waals surface area contributed by atoms with Crippen LogP contribution in [0.15, 0.2) is 0 Å². The molecule has 5 nitrogen and oxygen atoms in total. The van der Waals surface area contributed by atoms with Crippen LogP contribution in [-0.2, 0) is 0 Å². The van der Waals surface area contributed by atoms with Crippen LogP contribution in [-0.4, -0.2) is 36.1 Å². The molecule has 0 radical (unpaired) electrons. The highest BCUT2D eigenvalue weighted by Crippen LogP contribution is 2.14. The van der Waals surface area contributed by atoms with Crippen LogP contribution in [0, 0.1) is 23.3 Å². The van der Waals surface area contributed by atoms with Crippen LogP contribution in [0.3, 0.4) is 0 Å². The smallest absolute Gasteiger partial charge is 0.231 e. The second-order valence-electron chi connectivity index (χ2n) is 7.51. The zero-order chi connectivity index (χ0) is 16.9. The normalized spacial score (nSPS) is 11.5. The molecule has 1 heterocycles. The molecule has 0 aliphatic heterocycles. The van der Waals surface area contributed by atoms with Gasteiger partial charge in [0.1, 0.15) is 8.07 Å². The molecular formula is C16H29N5Si. The van der Waals surface area contributed by atoms with Gasteiger partial charge in [0.2, 0.25) is 17.7 Å². The monoisotopic (exact) mass is 319 g/mol. The summed E-state index contributed by atoms with van der Waals surface area (Å²) in [5.74, 6) is 5.46. The average Bonchev–Trinajstić information content (AvgIpc) is 2.33. The van der Waals surface area contributed by atoms with E-state index in [4.69, 9.17) is 5.73 Å². The third-order valence-electron chi connectivity index (χ3n) is 2.64. The van der Waals surface area contributed by atoms with Gasteiger partial charge < -0.3 is 10.6 Å². The molecule has 122 valence electrons. The summed E-state index contributed by atoms with van der Waals surface area (Å²) < 4.78 is 0. The lowest BCUT2D eigenvalue weighted by Gasteiger charge is -2.26. The Bertz CT molecular complexity index is 542. The fourth-order valence-corrected chi connectivity index (χ4v) is 2.43. The van der Waals surface area contributed by atoms with Gasteiger partial charge in [-0.15, -0.1) is 5.54 Å². The maximum atomic E-state index is 5.85. The summed E-state index contributed by atoms with van der Waals surface area (Å²) in [5.41, 5.74) is 9.13. The van der Waals surface area contributed by atoms with Gasteiger partial charge in [-0.1, -0.05) is 47.3 Å². The summed E-state index contributed by atoms with van der Waals surface area (Å²) >= 11 is 0. The van der Waals surface area contributed by atoms with Gasteiger partial charge in [0.05, 0.1) is 0 Å². The minimum atomic E-state index is -1.47. The molecule has 1 aromatic rings. The summed E-state index contributed by atoms with van der Waals surface area (Å²) in [6, 6.07) is 0. The van der Waals surface area contributed by atoms with E-state index in [0.717, 1.165) is 13.1 Å². The average molecular weight is 320 g/mol. The second kappa shape index (κ2) is 7.59. The fraction of sp³-hybridized carbons (Fsp3) is 0.688. The second-order valence-corrected chi connectivity index (χ2v) is 12.3. The molecule has 0 spiro atoms. The van der Waals surface area contributed by atoms with Crippen molar-refractivity contribution in [2.75, 3.05) is 23.7 Å². The van der Waals surface area contributed by atoms with E-state index in [1.165, 1.54) is 0 Å². The molecule has 0 saturated heterocycles. The Morgan fingerprint density at radius 2 is 1.55 bits per heavy atom. The first kappa shape index (κ1) is 18.4. The molecule has 2 N–H and O–H groups in total. The number of nitrogens with zero attached hydrogens (tertiary/aromatic N) is 4. The molecule has 0 saturated carbocycles. The summed E-state index contributed by atoms with van der Waals surface area (Å²) in [5, 5.41) is 0. The Hall–Kier alpha value is -1.61. The zero-order valence-electron chi connectivity index (χ0n) is 14.9. The van der Waals surface area contributed by atoms with Crippen molar-refractivity contribution in [1.29, 1.82) is 0 Å². The van der Waals surface area contributed by atoms with Gasteiger partial charge in [-0.25, -0.2) is 0 Å². The number of nitrogen functional groups attached to an aromatic ring is 1. The van der Waals surface area contributed by atoms with E-state index in [2.05, 4.69) is 78.7 Å². The van der Waals surface area contributed by atoms with Crippen molar-refractivity contribution in [3.05, 3.63) is 5.82 Å². The highest BCUT2D eigenvalue weighted by Gasteiger charge is 2.15. The Balaban J connectivity index is 3.14. The van der Waals surface area contributed by atoms with Crippen molar-refractivity contribution >= 4 is 20.0 Å². The predicted molar refractivity (Wildman–Crippen MR) is 96.4 cm³/mol. The summed E-state index contributed by atoms with van der Waals surface area (Å²) in [6.45, 7) is 17.1. The first-order valence-corrected chi connectivity index (χ1v) is 11.4. The molecule has 1 rings (SSSR count). The van der Waals surface area contributed by atoms with E-state index in [1.54, 1.807) is 0 Å². The van der Waals surface area contributed by atoms with E-state index in [0.29, 0.717) is 23.6 Å². The zero-order valence-corrected chi connectivity index (χ0v) is 15.9. The highest BCUT2D eigenvalue weighted by molar-refractivity contribution is 6.83. The van der Waals surface area contributed by atoms with Gasteiger partial charge in [-0.2, -0.15) is 15.0 Å². The predicted octanol–water partition coefficient (Wildman–Crippen LogP) is 2.80. The molecular weight excluding hydrogens is 290 g/mol. The van der Waals surface area contributed by atoms with Gasteiger partial charge >= 0.3 is 0 Å². The highest BCUT2D eigenvalue weighted by atomic mass is 28.3. The number of aromatic nitrogens is 3. The Labute approximate surface area is 135 Å². The number of hydrogen-bond acceptors (Lipinski definition) is 5. The lowest BCUT2D eigenvalue weighted by Crippen LogP contribution is -2.33. The molecule has 0 aromatic carbocycles. The minimum Gasteiger partial charge on any atom is -0.368 e. The lowest BCUT2D eigenvalue weighted by molar-refractivity contribution is 0.543. The van der Waals surface area contributed by atoms with Crippen molar-refractivity contribution in [3.8, 4) is 11.5 Å². The van der Waals surface area contributed by atoms with Crippen LogP contribution in [0.5, 0.6) is 0 Å².